The van der Waals surface area contributed by atoms with E-state index in [1.54, 1.807) is 12.4 Å². The summed E-state index contributed by atoms with van der Waals surface area (Å²) >= 11 is 6.06. The Hall–Kier alpha value is -1.58. The lowest BCUT2D eigenvalue weighted by molar-refractivity contribution is 0.470. The zero-order valence-corrected chi connectivity index (χ0v) is 11.2. The summed E-state index contributed by atoms with van der Waals surface area (Å²) in [5.74, 6) is 1.56. The molecule has 3 rings (SSSR count). The van der Waals surface area contributed by atoms with Gasteiger partial charge in [0, 0.05) is 29.4 Å². The van der Waals surface area contributed by atoms with E-state index >= 15 is 0 Å². The van der Waals surface area contributed by atoms with Crippen LogP contribution in [-0.4, -0.2) is 11.0 Å². The Morgan fingerprint density at radius 2 is 2.21 bits per heavy atom. The van der Waals surface area contributed by atoms with Crippen molar-refractivity contribution in [3.8, 4) is 11.5 Å². The van der Waals surface area contributed by atoms with Gasteiger partial charge in [0.2, 0.25) is 0 Å². The van der Waals surface area contributed by atoms with Crippen LogP contribution in [0.1, 0.15) is 18.4 Å². The zero-order chi connectivity index (χ0) is 13.1. The fourth-order valence-electron chi connectivity index (χ4n) is 1.86. The van der Waals surface area contributed by atoms with E-state index in [1.165, 1.54) is 12.8 Å². The molecule has 1 saturated carbocycles. The molecule has 1 aliphatic carbocycles. The van der Waals surface area contributed by atoms with Gasteiger partial charge in [-0.25, -0.2) is 0 Å². The lowest BCUT2D eigenvalue weighted by atomic mass is 10.2. The minimum Gasteiger partial charge on any atom is -0.455 e. The molecule has 0 radical (unpaired) electrons. The van der Waals surface area contributed by atoms with E-state index in [9.17, 15) is 0 Å². The first kappa shape index (κ1) is 12.5. The number of ether oxygens (including phenoxy) is 1. The van der Waals surface area contributed by atoms with Gasteiger partial charge in [-0.15, -0.1) is 0 Å². The normalized spacial score (nSPS) is 14.4. The van der Waals surface area contributed by atoms with Gasteiger partial charge in [0.05, 0.1) is 6.20 Å². The zero-order valence-electron chi connectivity index (χ0n) is 10.5. The summed E-state index contributed by atoms with van der Waals surface area (Å²) in [6.45, 7) is 0.779. The molecule has 1 N–H and O–H groups in total. The third kappa shape index (κ3) is 3.46. The van der Waals surface area contributed by atoms with E-state index in [0.717, 1.165) is 28.6 Å². The smallest absolute Gasteiger partial charge is 0.145 e. The van der Waals surface area contributed by atoms with Gasteiger partial charge in [0.15, 0.2) is 0 Å². The van der Waals surface area contributed by atoms with Gasteiger partial charge in [-0.2, -0.15) is 0 Å². The summed E-state index contributed by atoms with van der Waals surface area (Å²) < 4.78 is 5.86. The van der Waals surface area contributed by atoms with E-state index < -0.39 is 0 Å². The molecule has 0 unspecified atom stereocenters. The molecule has 4 heteroatoms. The van der Waals surface area contributed by atoms with Crippen LogP contribution in [0, 0.1) is 0 Å². The monoisotopic (exact) mass is 274 g/mol. The number of rotatable bonds is 5. The summed E-state index contributed by atoms with van der Waals surface area (Å²) in [5, 5.41) is 4.20. The first-order valence-corrected chi connectivity index (χ1v) is 6.79. The van der Waals surface area contributed by atoms with Gasteiger partial charge in [0.1, 0.15) is 11.5 Å². The highest BCUT2D eigenvalue weighted by molar-refractivity contribution is 6.30. The van der Waals surface area contributed by atoms with E-state index in [2.05, 4.69) is 10.3 Å². The molecule has 1 aliphatic rings. The third-order valence-corrected chi connectivity index (χ3v) is 3.28. The molecule has 1 fully saturated rings. The highest BCUT2D eigenvalue weighted by Gasteiger charge is 2.20. The van der Waals surface area contributed by atoms with Crippen molar-refractivity contribution in [2.24, 2.45) is 0 Å². The van der Waals surface area contributed by atoms with Gasteiger partial charge in [-0.3, -0.25) is 4.98 Å². The van der Waals surface area contributed by atoms with Crippen molar-refractivity contribution in [1.82, 2.24) is 10.3 Å². The summed E-state index contributed by atoms with van der Waals surface area (Å²) in [6, 6.07) is 10.1. The highest BCUT2D eigenvalue weighted by Crippen LogP contribution is 2.28. The van der Waals surface area contributed by atoms with Crippen molar-refractivity contribution in [2.75, 3.05) is 0 Å². The predicted molar refractivity (Wildman–Crippen MR) is 75.6 cm³/mol. The highest BCUT2D eigenvalue weighted by atomic mass is 35.5. The maximum Gasteiger partial charge on any atom is 0.145 e. The summed E-state index contributed by atoms with van der Waals surface area (Å²) in [7, 11) is 0. The van der Waals surface area contributed by atoms with Gasteiger partial charge in [-0.1, -0.05) is 11.6 Å². The van der Waals surface area contributed by atoms with E-state index in [0.29, 0.717) is 6.04 Å². The Morgan fingerprint density at radius 1 is 1.32 bits per heavy atom. The van der Waals surface area contributed by atoms with Crippen molar-refractivity contribution in [2.45, 2.75) is 25.4 Å². The standard InChI is InChI=1S/C15H15ClN2O/c16-12-3-6-15(19-14-2-1-7-17-10-14)11(8-12)9-18-13-4-5-13/h1-3,6-8,10,13,18H,4-5,9H2. The first-order valence-electron chi connectivity index (χ1n) is 6.41. The fourth-order valence-corrected chi connectivity index (χ4v) is 2.06. The Balaban J connectivity index is 1.78. The summed E-state index contributed by atoms with van der Waals surface area (Å²) in [5.41, 5.74) is 1.07. The summed E-state index contributed by atoms with van der Waals surface area (Å²) in [6.07, 6.45) is 5.95. The van der Waals surface area contributed by atoms with E-state index in [1.807, 2.05) is 30.3 Å². The first-order chi connectivity index (χ1) is 9.31. The van der Waals surface area contributed by atoms with Crippen molar-refractivity contribution in [3.63, 3.8) is 0 Å². The molecule has 98 valence electrons. The number of hydrogen-bond acceptors (Lipinski definition) is 3. The molecule has 0 atom stereocenters. The number of hydrogen-bond donors (Lipinski definition) is 1. The van der Waals surface area contributed by atoms with Crippen LogP contribution < -0.4 is 10.1 Å². The molecule has 1 heterocycles. The van der Waals surface area contributed by atoms with Crippen molar-refractivity contribution < 1.29 is 4.74 Å². The van der Waals surface area contributed by atoms with Crippen molar-refractivity contribution >= 4 is 11.6 Å². The molecule has 0 spiro atoms. The second-order valence-electron chi connectivity index (χ2n) is 4.70. The van der Waals surface area contributed by atoms with E-state index in [4.69, 9.17) is 16.3 Å². The van der Waals surface area contributed by atoms with Crippen LogP contribution >= 0.6 is 11.6 Å². The SMILES string of the molecule is Clc1ccc(Oc2cccnc2)c(CNC2CC2)c1. The Labute approximate surface area is 117 Å². The largest absolute Gasteiger partial charge is 0.455 e. The molecule has 0 aliphatic heterocycles. The molecule has 1 aromatic heterocycles. The van der Waals surface area contributed by atoms with E-state index in [-0.39, 0.29) is 0 Å². The van der Waals surface area contributed by atoms with Crippen LogP contribution in [0.4, 0.5) is 0 Å². The molecule has 0 amide bonds. The second-order valence-corrected chi connectivity index (χ2v) is 5.13. The van der Waals surface area contributed by atoms with Gasteiger partial charge < -0.3 is 10.1 Å². The van der Waals surface area contributed by atoms with Gasteiger partial charge >= 0.3 is 0 Å². The lowest BCUT2D eigenvalue weighted by Gasteiger charge is -2.12. The van der Waals surface area contributed by atoms with Crippen LogP contribution in [0.25, 0.3) is 0 Å². The van der Waals surface area contributed by atoms with Crippen LogP contribution in [0.5, 0.6) is 11.5 Å². The number of halogens is 1. The minimum absolute atomic E-state index is 0.658. The maximum absolute atomic E-state index is 6.06. The topological polar surface area (TPSA) is 34.1 Å². The maximum atomic E-state index is 6.06. The average Bonchev–Trinajstić information content (AvgIpc) is 3.24. The molecular weight excluding hydrogens is 260 g/mol. The molecule has 3 nitrogen and oxygen atoms in total. The van der Waals surface area contributed by atoms with Crippen LogP contribution in [0.2, 0.25) is 5.02 Å². The molecule has 1 aromatic carbocycles. The quantitative estimate of drug-likeness (QED) is 0.901. The molecule has 0 saturated heterocycles. The number of nitrogens with zero attached hydrogens (tertiary/aromatic N) is 1. The molecule has 0 bridgehead atoms. The van der Waals surface area contributed by atoms with Gasteiger partial charge in [-0.05, 0) is 43.2 Å². The van der Waals surface area contributed by atoms with Crippen molar-refractivity contribution in [3.05, 3.63) is 53.3 Å². The minimum atomic E-state index is 0.658. The molecular formula is C15H15ClN2O. The van der Waals surface area contributed by atoms with Gasteiger partial charge in [0.25, 0.3) is 0 Å². The number of aromatic nitrogens is 1. The number of pyridine rings is 1. The molecule has 2 aromatic rings. The molecule has 19 heavy (non-hydrogen) atoms. The number of nitrogens with one attached hydrogen (secondary N) is 1. The summed E-state index contributed by atoms with van der Waals surface area (Å²) in [4.78, 5) is 4.05. The van der Waals surface area contributed by atoms with Crippen molar-refractivity contribution in [1.29, 1.82) is 0 Å². The third-order valence-electron chi connectivity index (χ3n) is 3.04. The Bertz CT molecular complexity index is 555. The van der Waals surface area contributed by atoms with Crippen LogP contribution in [0.3, 0.4) is 0 Å². The number of benzene rings is 1. The van der Waals surface area contributed by atoms with Crippen LogP contribution in [-0.2, 0) is 6.54 Å². The average molecular weight is 275 g/mol. The predicted octanol–water partition coefficient (Wildman–Crippen LogP) is 3.78. The Kier molecular flexibility index (Phi) is 3.67. The van der Waals surface area contributed by atoms with Crippen LogP contribution in [0.15, 0.2) is 42.7 Å². The Morgan fingerprint density at radius 3 is 2.95 bits per heavy atom. The lowest BCUT2D eigenvalue weighted by Crippen LogP contribution is -2.15. The fraction of sp³-hybridized carbons (Fsp3) is 0.267. The second kappa shape index (κ2) is 5.59.